The third-order valence-electron chi connectivity index (χ3n) is 4.80. The average molecular weight is 272 g/mol. The number of aromatic nitrogens is 1. The van der Waals surface area contributed by atoms with Gasteiger partial charge in [-0.3, -0.25) is 4.98 Å². The summed E-state index contributed by atoms with van der Waals surface area (Å²) in [6.07, 6.45) is 9.69. The molecule has 20 heavy (non-hydrogen) atoms. The van der Waals surface area contributed by atoms with Gasteiger partial charge in [0.05, 0.1) is 11.4 Å². The van der Waals surface area contributed by atoms with E-state index in [1.807, 2.05) is 12.3 Å². The van der Waals surface area contributed by atoms with E-state index in [0.29, 0.717) is 5.92 Å². The Labute approximate surface area is 123 Å². The van der Waals surface area contributed by atoms with Gasteiger partial charge in [0, 0.05) is 18.9 Å². The molecule has 0 amide bonds. The molecule has 0 radical (unpaired) electrons. The molecule has 0 aromatic carbocycles. The molecule has 1 aromatic rings. The summed E-state index contributed by atoms with van der Waals surface area (Å²) < 4.78 is 0. The van der Waals surface area contributed by atoms with Gasteiger partial charge in [-0.05, 0) is 36.8 Å². The summed E-state index contributed by atoms with van der Waals surface area (Å²) >= 11 is 0. The second-order valence-corrected chi connectivity index (χ2v) is 6.18. The molecule has 110 valence electrons. The second-order valence-electron chi connectivity index (χ2n) is 6.18. The highest BCUT2D eigenvalue weighted by molar-refractivity contribution is 5.54. The highest BCUT2D eigenvalue weighted by atomic mass is 15.1. The molecule has 1 aliphatic rings. The van der Waals surface area contributed by atoms with Crippen LogP contribution in [-0.2, 0) is 6.42 Å². The number of allylic oxidation sites excluding steroid dienone is 1. The van der Waals surface area contributed by atoms with E-state index in [0.717, 1.165) is 18.8 Å². The van der Waals surface area contributed by atoms with Crippen molar-refractivity contribution in [2.24, 2.45) is 11.8 Å². The quantitative estimate of drug-likeness (QED) is 0.738. The van der Waals surface area contributed by atoms with Gasteiger partial charge in [-0.15, -0.1) is 0 Å². The van der Waals surface area contributed by atoms with Gasteiger partial charge < -0.3 is 4.90 Å². The van der Waals surface area contributed by atoms with E-state index < -0.39 is 0 Å². The summed E-state index contributed by atoms with van der Waals surface area (Å²) in [6, 6.07) is 4.22. The maximum atomic E-state index is 4.65. The first-order chi connectivity index (χ1) is 9.63. The summed E-state index contributed by atoms with van der Waals surface area (Å²) in [4.78, 5) is 6.89. The van der Waals surface area contributed by atoms with Gasteiger partial charge in [-0.1, -0.05) is 46.1 Å². The zero-order valence-electron chi connectivity index (χ0n) is 13.2. The van der Waals surface area contributed by atoms with Crippen molar-refractivity contribution in [2.45, 2.75) is 52.4 Å². The molecule has 2 nitrogen and oxygen atoms in total. The molecule has 1 atom stereocenters. The molecular weight excluding hydrogens is 244 g/mol. The van der Waals surface area contributed by atoms with E-state index in [-0.39, 0.29) is 0 Å². The third-order valence-corrected chi connectivity index (χ3v) is 4.80. The Bertz CT molecular complexity index is 446. The van der Waals surface area contributed by atoms with Crippen LogP contribution in [0.15, 0.2) is 30.6 Å². The van der Waals surface area contributed by atoms with Gasteiger partial charge in [-0.25, -0.2) is 0 Å². The third kappa shape index (κ3) is 3.41. The number of hydrogen-bond acceptors (Lipinski definition) is 2. The van der Waals surface area contributed by atoms with Crippen molar-refractivity contribution >= 4 is 5.69 Å². The van der Waals surface area contributed by atoms with Gasteiger partial charge in [-0.2, -0.15) is 0 Å². The predicted molar refractivity (Wildman–Crippen MR) is 86.9 cm³/mol. The number of nitrogens with zero attached hydrogens (tertiary/aromatic N) is 2. The molecule has 0 bridgehead atoms. The van der Waals surface area contributed by atoms with Crippen molar-refractivity contribution in [1.29, 1.82) is 0 Å². The van der Waals surface area contributed by atoms with Crippen LogP contribution in [0.25, 0.3) is 0 Å². The van der Waals surface area contributed by atoms with Crippen LogP contribution >= 0.6 is 0 Å². The van der Waals surface area contributed by atoms with E-state index in [9.17, 15) is 0 Å². The number of pyridine rings is 1. The van der Waals surface area contributed by atoms with E-state index in [4.69, 9.17) is 0 Å². The minimum absolute atomic E-state index is 0.513. The van der Waals surface area contributed by atoms with Crippen LogP contribution < -0.4 is 4.90 Å². The van der Waals surface area contributed by atoms with Crippen LogP contribution in [0.3, 0.4) is 0 Å². The Morgan fingerprint density at radius 2 is 2.15 bits per heavy atom. The smallest absolute Gasteiger partial charge is 0.0642 e. The van der Waals surface area contributed by atoms with Crippen LogP contribution in [0.4, 0.5) is 5.69 Å². The Morgan fingerprint density at radius 3 is 2.80 bits per heavy atom. The van der Waals surface area contributed by atoms with Gasteiger partial charge in [0.15, 0.2) is 0 Å². The molecule has 1 heterocycles. The minimum Gasteiger partial charge on any atom is -0.347 e. The fraction of sp³-hybridized carbons (Fsp3) is 0.611. The summed E-state index contributed by atoms with van der Waals surface area (Å²) in [6.45, 7) is 8.73. The first kappa shape index (κ1) is 15.1. The van der Waals surface area contributed by atoms with Gasteiger partial charge in [0.1, 0.15) is 0 Å². The summed E-state index contributed by atoms with van der Waals surface area (Å²) in [5, 5.41) is 0. The minimum atomic E-state index is 0.513. The monoisotopic (exact) mass is 272 g/mol. The van der Waals surface area contributed by atoms with Crippen molar-refractivity contribution in [3.63, 3.8) is 0 Å². The van der Waals surface area contributed by atoms with Crippen LogP contribution in [0, 0.1) is 11.8 Å². The van der Waals surface area contributed by atoms with Crippen LogP contribution in [0.1, 0.15) is 51.6 Å². The van der Waals surface area contributed by atoms with Crippen molar-refractivity contribution in [1.82, 2.24) is 4.98 Å². The van der Waals surface area contributed by atoms with Crippen molar-refractivity contribution in [3.8, 4) is 0 Å². The van der Waals surface area contributed by atoms with E-state index in [1.54, 1.807) is 0 Å². The topological polar surface area (TPSA) is 16.1 Å². The van der Waals surface area contributed by atoms with Crippen molar-refractivity contribution in [3.05, 3.63) is 36.3 Å². The molecule has 1 saturated carbocycles. The van der Waals surface area contributed by atoms with Crippen molar-refractivity contribution in [2.75, 3.05) is 11.9 Å². The molecule has 0 saturated heterocycles. The summed E-state index contributed by atoms with van der Waals surface area (Å²) in [5.41, 5.74) is 3.67. The van der Waals surface area contributed by atoms with Gasteiger partial charge in [0.2, 0.25) is 0 Å². The number of rotatable bonds is 6. The van der Waals surface area contributed by atoms with Gasteiger partial charge in [0.25, 0.3) is 0 Å². The maximum Gasteiger partial charge on any atom is 0.0642 e. The molecular formula is C18H28N2. The molecule has 0 N–H and O–H groups in total. The fourth-order valence-electron chi connectivity index (χ4n) is 3.10. The molecule has 0 spiro atoms. The molecule has 0 aliphatic heterocycles. The lowest BCUT2D eigenvalue weighted by Crippen LogP contribution is -2.22. The molecule has 2 heteroatoms. The van der Waals surface area contributed by atoms with E-state index in [1.165, 1.54) is 42.8 Å². The number of anilines is 1. The molecule has 1 unspecified atom stereocenters. The molecule has 1 aliphatic carbocycles. The van der Waals surface area contributed by atoms with Crippen LogP contribution in [0.5, 0.6) is 0 Å². The molecule has 1 aromatic heterocycles. The highest BCUT2D eigenvalue weighted by Crippen LogP contribution is 2.32. The van der Waals surface area contributed by atoms with Crippen LogP contribution in [-0.4, -0.2) is 12.0 Å². The lowest BCUT2D eigenvalue weighted by Gasteiger charge is -2.28. The zero-order valence-corrected chi connectivity index (χ0v) is 13.2. The average Bonchev–Trinajstić information content (AvgIpc) is 2.98. The standard InChI is InChI=1S/C18H28N2/c1-5-14(2)15(3)20(4)18-11-8-12-19-17(18)13-16-9-6-7-10-16/h8,11-12,14,16H,3,5-7,9-10,13H2,1-2,4H3. The van der Waals surface area contributed by atoms with Crippen LogP contribution in [0.2, 0.25) is 0 Å². The normalized spacial score (nSPS) is 17.1. The largest absolute Gasteiger partial charge is 0.347 e. The fourth-order valence-corrected chi connectivity index (χ4v) is 3.10. The second kappa shape index (κ2) is 6.92. The van der Waals surface area contributed by atoms with Crippen molar-refractivity contribution < 1.29 is 0 Å². The predicted octanol–water partition coefficient (Wildman–Crippen LogP) is 4.81. The maximum absolute atomic E-state index is 4.65. The highest BCUT2D eigenvalue weighted by Gasteiger charge is 2.20. The Balaban J connectivity index is 2.15. The zero-order chi connectivity index (χ0) is 14.5. The lowest BCUT2D eigenvalue weighted by molar-refractivity contribution is 0.538. The summed E-state index contributed by atoms with van der Waals surface area (Å²) in [7, 11) is 2.13. The Hall–Kier alpha value is -1.31. The lowest BCUT2D eigenvalue weighted by atomic mass is 9.99. The SMILES string of the molecule is C=C(C(C)CC)N(C)c1cccnc1CC1CCCC1. The number of hydrogen-bond donors (Lipinski definition) is 0. The molecule has 2 rings (SSSR count). The first-order valence-electron chi connectivity index (χ1n) is 7.99. The van der Waals surface area contributed by atoms with E-state index in [2.05, 4.69) is 43.4 Å². The Morgan fingerprint density at radius 1 is 1.45 bits per heavy atom. The summed E-state index contributed by atoms with van der Waals surface area (Å²) in [5.74, 6) is 1.34. The Kier molecular flexibility index (Phi) is 5.22. The first-order valence-corrected chi connectivity index (χ1v) is 7.99. The molecule has 1 fully saturated rings. The van der Waals surface area contributed by atoms with Gasteiger partial charge >= 0.3 is 0 Å². The van der Waals surface area contributed by atoms with E-state index >= 15 is 0 Å².